The van der Waals surface area contributed by atoms with Gasteiger partial charge >= 0.3 is 6.18 Å². The lowest BCUT2D eigenvalue weighted by Crippen LogP contribution is -2.41. The molecule has 1 aromatic heterocycles. The molecule has 0 spiro atoms. The Labute approximate surface area is 305 Å². The van der Waals surface area contributed by atoms with Crippen LogP contribution in [0, 0.1) is 24.6 Å². The van der Waals surface area contributed by atoms with Crippen LogP contribution in [0.1, 0.15) is 62.9 Å². The van der Waals surface area contributed by atoms with Crippen molar-refractivity contribution in [2.24, 2.45) is 18.9 Å². The van der Waals surface area contributed by atoms with Gasteiger partial charge in [-0.3, -0.25) is 9.59 Å². The second-order valence-corrected chi connectivity index (χ2v) is 13.8. The third kappa shape index (κ3) is 9.84. The van der Waals surface area contributed by atoms with Gasteiger partial charge < -0.3 is 28.8 Å². The summed E-state index contributed by atoms with van der Waals surface area (Å²) in [5.74, 6) is -1.34. The molecule has 2 N–H and O–H groups in total. The molecule has 3 aromatic carbocycles. The summed E-state index contributed by atoms with van der Waals surface area (Å²) < 4.78 is 69.9. The molecule has 1 aliphatic heterocycles. The highest BCUT2D eigenvalue weighted by Gasteiger charge is 2.41. The average molecular weight is 747 g/mol. The first-order chi connectivity index (χ1) is 24.8. The topological polar surface area (TPSA) is 106 Å². The predicted molar refractivity (Wildman–Crippen MR) is 195 cm³/mol. The average Bonchev–Trinajstić information content (AvgIpc) is 3.73. The van der Waals surface area contributed by atoms with Crippen molar-refractivity contribution >= 4 is 46.7 Å². The van der Waals surface area contributed by atoms with Crippen LogP contribution in [0.5, 0.6) is 0 Å². The van der Waals surface area contributed by atoms with E-state index in [0.29, 0.717) is 32.1 Å². The van der Waals surface area contributed by atoms with Gasteiger partial charge in [0, 0.05) is 37.2 Å². The Morgan fingerprint density at radius 3 is 2.40 bits per heavy atom. The highest BCUT2D eigenvalue weighted by atomic mass is 32.2. The number of anilines is 2. The minimum atomic E-state index is -4.68. The number of hydrogen-bond donors (Lipinski definition) is 2. The Kier molecular flexibility index (Phi) is 14.1. The zero-order valence-electron chi connectivity index (χ0n) is 30.1. The largest absolute Gasteiger partial charge is 0.483 e. The van der Waals surface area contributed by atoms with Gasteiger partial charge in [0.15, 0.2) is 0 Å². The summed E-state index contributed by atoms with van der Waals surface area (Å²) in [7, 11) is 4.01. The Morgan fingerprint density at radius 2 is 1.79 bits per heavy atom. The molecular weight excluding hydrogens is 700 g/mol. The number of fused-ring (bicyclic) bond motifs is 1. The maximum atomic E-state index is 14.7. The number of carbonyl (C=O) groups is 2. The number of hydrogen-bond acceptors (Lipinski definition) is 7. The van der Waals surface area contributed by atoms with Crippen LogP contribution in [-0.4, -0.2) is 59.5 Å². The summed E-state index contributed by atoms with van der Waals surface area (Å²) in [4.78, 5) is 27.7. The lowest BCUT2D eigenvalue weighted by Gasteiger charge is -2.40. The first kappa shape index (κ1) is 40.6. The number of ether oxygens (including phenoxy) is 2. The van der Waals surface area contributed by atoms with Crippen LogP contribution in [0.2, 0.25) is 0 Å². The molecule has 282 valence electrons. The van der Waals surface area contributed by atoms with Gasteiger partial charge in [-0.15, -0.1) is 0 Å². The molecule has 6 rings (SSSR count). The van der Waals surface area contributed by atoms with Crippen LogP contribution in [0.3, 0.4) is 0 Å². The van der Waals surface area contributed by atoms with E-state index in [1.54, 1.807) is 11.9 Å². The van der Waals surface area contributed by atoms with Gasteiger partial charge in [-0.1, -0.05) is 32.9 Å². The van der Waals surface area contributed by atoms with Gasteiger partial charge in [-0.05, 0) is 104 Å². The lowest BCUT2D eigenvalue weighted by molar-refractivity contribution is -0.137. The van der Waals surface area contributed by atoms with Crippen LogP contribution in [0.15, 0.2) is 65.6 Å². The number of nitrogens with one attached hydrogen (secondary N) is 1. The maximum absolute atomic E-state index is 14.7. The van der Waals surface area contributed by atoms with E-state index in [0.717, 1.165) is 51.6 Å². The Morgan fingerprint density at radius 1 is 1.10 bits per heavy atom. The SMILES string of the molecule is CC.Cc1nc2cc(SN(C)c3ccc(C4CC(OC5CCOC5)CC(C(=O)Nc5ccc(C(F)(F)F)cc5F)[C@@H]4C)cc3)ccc2n1C.O=CO. The van der Waals surface area contributed by atoms with E-state index < -0.39 is 29.4 Å². The van der Waals surface area contributed by atoms with E-state index in [9.17, 15) is 22.4 Å². The Balaban J connectivity index is 0.00000115. The number of aromatic nitrogens is 2. The van der Waals surface area contributed by atoms with Crippen molar-refractivity contribution in [1.82, 2.24) is 9.55 Å². The second kappa shape index (κ2) is 18.1. The fourth-order valence-electron chi connectivity index (χ4n) is 6.68. The van der Waals surface area contributed by atoms with Crippen LogP contribution in [0.4, 0.5) is 28.9 Å². The van der Waals surface area contributed by atoms with Gasteiger partial charge in [0.25, 0.3) is 6.47 Å². The van der Waals surface area contributed by atoms with Gasteiger partial charge in [-0.2, -0.15) is 13.2 Å². The molecule has 4 unspecified atom stereocenters. The van der Waals surface area contributed by atoms with Crippen LogP contribution < -0.4 is 9.62 Å². The fourth-order valence-corrected chi connectivity index (χ4v) is 7.52. The van der Waals surface area contributed by atoms with Crippen molar-refractivity contribution in [3.8, 4) is 0 Å². The molecule has 5 atom stereocenters. The van der Waals surface area contributed by atoms with Crippen molar-refractivity contribution in [2.45, 2.75) is 76.2 Å². The number of amides is 1. The number of rotatable bonds is 8. The third-order valence-electron chi connectivity index (χ3n) is 9.47. The molecule has 1 saturated carbocycles. The molecule has 14 heteroatoms. The number of aryl methyl sites for hydroxylation is 2. The highest BCUT2D eigenvalue weighted by molar-refractivity contribution is 8.00. The zero-order valence-corrected chi connectivity index (χ0v) is 30.9. The monoisotopic (exact) mass is 746 g/mol. The summed E-state index contributed by atoms with van der Waals surface area (Å²) >= 11 is 1.60. The van der Waals surface area contributed by atoms with Crippen LogP contribution >= 0.6 is 11.9 Å². The number of alkyl halides is 3. The lowest BCUT2D eigenvalue weighted by atomic mass is 9.68. The summed E-state index contributed by atoms with van der Waals surface area (Å²) in [5.41, 5.74) is 2.71. The van der Waals surface area contributed by atoms with Crippen molar-refractivity contribution in [3.05, 3.63) is 83.4 Å². The van der Waals surface area contributed by atoms with Crippen molar-refractivity contribution < 1.29 is 41.7 Å². The van der Waals surface area contributed by atoms with E-state index in [1.165, 1.54) is 0 Å². The molecule has 52 heavy (non-hydrogen) atoms. The van der Waals surface area contributed by atoms with Crippen molar-refractivity contribution in [2.75, 3.05) is 29.9 Å². The van der Waals surface area contributed by atoms with Gasteiger partial charge in [0.1, 0.15) is 11.6 Å². The van der Waals surface area contributed by atoms with E-state index in [1.807, 2.05) is 41.8 Å². The fraction of sp³-hybridized carbons (Fsp3) is 0.447. The third-order valence-corrected chi connectivity index (χ3v) is 10.4. The highest BCUT2D eigenvalue weighted by Crippen LogP contribution is 2.44. The minimum Gasteiger partial charge on any atom is -0.483 e. The molecule has 4 aromatic rings. The summed E-state index contributed by atoms with van der Waals surface area (Å²) in [6.45, 7) is 8.85. The molecule has 1 aliphatic carbocycles. The first-order valence-corrected chi connectivity index (χ1v) is 18.0. The first-order valence-electron chi connectivity index (χ1n) is 17.2. The molecule has 2 heterocycles. The van der Waals surface area contributed by atoms with E-state index >= 15 is 0 Å². The van der Waals surface area contributed by atoms with Gasteiger partial charge in [0.05, 0.1) is 41.1 Å². The van der Waals surface area contributed by atoms with Crippen molar-refractivity contribution in [3.63, 3.8) is 0 Å². The molecule has 1 amide bonds. The normalized spacial score (nSPS) is 21.4. The number of nitrogens with zero attached hydrogens (tertiary/aromatic N) is 3. The van der Waals surface area contributed by atoms with Crippen molar-refractivity contribution in [1.29, 1.82) is 0 Å². The van der Waals surface area contributed by atoms with Gasteiger partial charge in [0.2, 0.25) is 5.91 Å². The molecule has 1 saturated heterocycles. The van der Waals surface area contributed by atoms with Crippen LogP contribution in [0.25, 0.3) is 11.0 Å². The zero-order chi connectivity index (χ0) is 38.2. The number of halogens is 4. The molecule has 0 radical (unpaired) electrons. The molecule has 9 nitrogen and oxygen atoms in total. The molecule has 0 bridgehead atoms. The molecule has 2 aliphatic rings. The Bertz CT molecular complexity index is 1800. The van der Waals surface area contributed by atoms with E-state index in [2.05, 4.69) is 61.6 Å². The molecule has 2 fully saturated rings. The quantitative estimate of drug-likeness (QED) is 0.105. The second-order valence-electron chi connectivity index (χ2n) is 12.6. The maximum Gasteiger partial charge on any atom is 0.416 e. The van der Waals surface area contributed by atoms with E-state index in [-0.39, 0.29) is 36.2 Å². The Hall–Kier alpha value is -4.14. The van der Waals surface area contributed by atoms with Gasteiger partial charge in [-0.25, -0.2) is 9.37 Å². The number of imidazole rings is 1. The molecular formula is C38H46F4N4O5S. The minimum absolute atomic E-state index is 0.0360. The number of benzene rings is 3. The standard InChI is InChI=1S/C35H38F4N4O3S.C2H6.CH2O2/c1-20-28(22-5-8-24(9-6-22)43(4)47-27-10-12-33-32(18-27)40-21(2)42(33)3)16-26(46-25-13-14-45-19-25)17-29(20)34(44)41-31-11-7-23(15-30(31)36)35(37,38)39;1-2;2-1-3/h5-12,15,18,20,25-26,28-29H,13-14,16-17,19H2,1-4H3,(H,41,44);1-2H3;1H,(H,2,3)/t20-,25?,26?,28?,29?;;/m1../s1. The summed E-state index contributed by atoms with van der Waals surface area (Å²) in [5, 5.41) is 9.45. The summed E-state index contributed by atoms with van der Waals surface area (Å²) in [6.07, 6.45) is -3.09. The smallest absolute Gasteiger partial charge is 0.416 e. The van der Waals surface area contributed by atoms with E-state index in [4.69, 9.17) is 19.4 Å². The predicted octanol–water partition coefficient (Wildman–Crippen LogP) is 8.85. The number of carboxylic acid groups (broad SMARTS) is 1. The van der Waals surface area contributed by atoms with Crippen LogP contribution in [-0.2, 0) is 32.3 Å². The number of carbonyl (C=O) groups excluding carboxylic acids is 1. The summed E-state index contributed by atoms with van der Waals surface area (Å²) in [6, 6.07) is 16.6.